The molecule has 1 aliphatic rings. The maximum Gasteiger partial charge on any atom is 0.188 e. The fourth-order valence-corrected chi connectivity index (χ4v) is 2.51. The van der Waals surface area contributed by atoms with E-state index in [9.17, 15) is 0 Å². The Labute approximate surface area is 120 Å². The van der Waals surface area contributed by atoms with Crippen LogP contribution in [0, 0.1) is 0 Å². The second-order valence-corrected chi connectivity index (χ2v) is 5.02. The van der Waals surface area contributed by atoms with Gasteiger partial charge < -0.3 is 15.5 Å². The van der Waals surface area contributed by atoms with Gasteiger partial charge >= 0.3 is 0 Å². The van der Waals surface area contributed by atoms with Crippen LogP contribution in [0.3, 0.4) is 0 Å². The monoisotopic (exact) mass is 276 g/mol. The fourth-order valence-electron chi connectivity index (χ4n) is 2.51. The van der Waals surface area contributed by atoms with E-state index >= 15 is 0 Å². The number of rotatable bonds is 6. The van der Waals surface area contributed by atoms with Gasteiger partial charge in [-0.15, -0.1) is 6.58 Å². The number of hydrogen-bond acceptors (Lipinski definition) is 3. The number of piperidine rings is 1. The van der Waals surface area contributed by atoms with Crippen molar-refractivity contribution in [1.29, 1.82) is 0 Å². The van der Waals surface area contributed by atoms with Gasteiger partial charge in [-0.3, -0.25) is 9.89 Å². The SMILES string of the molecule is C=CCNC(N)=NC[C@@H](c1ccco1)N1CCCCC1. The average molecular weight is 276 g/mol. The highest BCUT2D eigenvalue weighted by molar-refractivity contribution is 5.77. The zero-order valence-electron chi connectivity index (χ0n) is 11.9. The van der Waals surface area contributed by atoms with E-state index in [1.807, 2.05) is 12.1 Å². The van der Waals surface area contributed by atoms with E-state index in [2.05, 4.69) is 21.8 Å². The number of furan rings is 1. The lowest BCUT2D eigenvalue weighted by Crippen LogP contribution is -2.37. The standard InChI is InChI=1S/C15H24N4O/c1-2-8-17-15(16)18-12-13(14-7-6-11-20-14)19-9-4-3-5-10-19/h2,6-7,11,13H,1,3-5,8-10,12H2,(H3,16,17,18)/t13-/m0/s1. The maximum atomic E-state index is 5.83. The fraction of sp³-hybridized carbons (Fsp3) is 0.533. The number of nitrogens with zero attached hydrogens (tertiary/aromatic N) is 2. The molecule has 2 heterocycles. The van der Waals surface area contributed by atoms with Crippen molar-refractivity contribution in [2.24, 2.45) is 10.7 Å². The van der Waals surface area contributed by atoms with E-state index in [1.54, 1.807) is 12.3 Å². The first-order chi connectivity index (χ1) is 9.81. The Hall–Kier alpha value is -1.75. The van der Waals surface area contributed by atoms with Crippen LogP contribution in [0.4, 0.5) is 0 Å². The molecule has 1 atom stereocenters. The molecule has 0 radical (unpaired) electrons. The normalized spacial score (nSPS) is 18.7. The molecule has 0 saturated carbocycles. The zero-order valence-corrected chi connectivity index (χ0v) is 11.9. The van der Waals surface area contributed by atoms with Crippen molar-refractivity contribution in [3.8, 4) is 0 Å². The third-order valence-electron chi connectivity index (χ3n) is 3.57. The van der Waals surface area contributed by atoms with Crippen LogP contribution in [0.25, 0.3) is 0 Å². The van der Waals surface area contributed by atoms with Crippen molar-refractivity contribution < 1.29 is 4.42 Å². The van der Waals surface area contributed by atoms with E-state index < -0.39 is 0 Å². The minimum atomic E-state index is 0.175. The summed E-state index contributed by atoms with van der Waals surface area (Å²) in [5.41, 5.74) is 5.83. The number of aliphatic imine (C=N–C) groups is 1. The number of nitrogens with two attached hydrogens (primary N) is 1. The third kappa shape index (κ3) is 4.13. The minimum absolute atomic E-state index is 0.175. The molecule has 110 valence electrons. The van der Waals surface area contributed by atoms with Gasteiger partial charge in [0.15, 0.2) is 5.96 Å². The lowest BCUT2D eigenvalue weighted by atomic mass is 10.1. The molecular weight excluding hydrogens is 252 g/mol. The van der Waals surface area contributed by atoms with Gasteiger partial charge in [-0.25, -0.2) is 0 Å². The summed E-state index contributed by atoms with van der Waals surface area (Å²) in [4.78, 5) is 6.86. The molecule has 3 N–H and O–H groups in total. The predicted molar refractivity (Wildman–Crippen MR) is 81.6 cm³/mol. The third-order valence-corrected chi connectivity index (χ3v) is 3.57. The molecule has 0 unspecified atom stereocenters. The van der Waals surface area contributed by atoms with E-state index in [0.29, 0.717) is 19.0 Å². The minimum Gasteiger partial charge on any atom is -0.468 e. The number of hydrogen-bond donors (Lipinski definition) is 2. The van der Waals surface area contributed by atoms with Crippen molar-refractivity contribution >= 4 is 5.96 Å². The van der Waals surface area contributed by atoms with Gasteiger partial charge in [0.2, 0.25) is 0 Å². The van der Waals surface area contributed by atoms with Crippen LogP contribution in [-0.4, -0.2) is 37.0 Å². The topological polar surface area (TPSA) is 66.8 Å². The number of likely N-dealkylation sites (tertiary alicyclic amines) is 1. The summed E-state index contributed by atoms with van der Waals surface area (Å²) >= 11 is 0. The molecule has 0 amide bonds. The summed E-state index contributed by atoms with van der Waals surface area (Å²) in [5, 5.41) is 3.00. The first-order valence-corrected chi connectivity index (χ1v) is 7.23. The van der Waals surface area contributed by atoms with Crippen LogP contribution >= 0.6 is 0 Å². The van der Waals surface area contributed by atoms with Gasteiger partial charge in [0.1, 0.15) is 5.76 Å². The predicted octanol–water partition coefficient (Wildman–Crippen LogP) is 1.90. The molecule has 0 aromatic carbocycles. The molecule has 0 bridgehead atoms. The van der Waals surface area contributed by atoms with Gasteiger partial charge in [0, 0.05) is 6.54 Å². The number of guanidine groups is 1. The summed E-state index contributed by atoms with van der Waals surface area (Å²) in [7, 11) is 0. The van der Waals surface area contributed by atoms with Crippen molar-refractivity contribution in [3.63, 3.8) is 0 Å². The Balaban J connectivity index is 2.01. The zero-order chi connectivity index (χ0) is 14.2. The van der Waals surface area contributed by atoms with E-state index in [-0.39, 0.29) is 6.04 Å². The molecular formula is C15H24N4O. The highest BCUT2D eigenvalue weighted by Crippen LogP contribution is 2.25. The first-order valence-electron chi connectivity index (χ1n) is 7.23. The molecule has 20 heavy (non-hydrogen) atoms. The van der Waals surface area contributed by atoms with Gasteiger partial charge in [0.25, 0.3) is 0 Å². The van der Waals surface area contributed by atoms with E-state index in [0.717, 1.165) is 18.8 Å². The average Bonchev–Trinajstić information content (AvgIpc) is 3.00. The van der Waals surface area contributed by atoms with Gasteiger partial charge in [-0.1, -0.05) is 12.5 Å². The highest BCUT2D eigenvalue weighted by atomic mass is 16.3. The molecule has 1 fully saturated rings. The molecule has 2 rings (SSSR count). The Bertz CT molecular complexity index is 421. The van der Waals surface area contributed by atoms with Crippen molar-refractivity contribution in [3.05, 3.63) is 36.8 Å². The Morgan fingerprint density at radius 3 is 2.95 bits per heavy atom. The molecule has 5 heteroatoms. The summed E-state index contributed by atoms with van der Waals surface area (Å²) in [6.45, 7) is 7.09. The van der Waals surface area contributed by atoms with Crippen molar-refractivity contribution in [2.45, 2.75) is 25.3 Å². The molecule has 5 nitrogen and oxygen atoms in total. The van der Waals surface area contributed by atoms with E-state index in [1.165, 1.54) is 19.3 Å². The van der Waals surface area contributed by atoms with Crippen LogP contribution in [0.2, 0.25) is 0 Å². The molecule has 1 aliphatic heterocycles. The summed E-state index contributed by atoms with van der Waals surface area (Å²) in [6, 6.07) is 4.12. The molecule has 1 aromatic heterocycles. The van der Waals surface area contributed by atoms with E-state index in [4.69, 9.17) is 10.2 Å². The quantitative estimate of drug-likeness (QED) is 0.473. The van der Waals surface area contributed by atoms with Crippen LogP contribution < -0.4 is 11.1 Å². The van der Waals surface area contributed by atoms with Crippen molar-refractivity contribution in [1.82, 2.24) is 10.2 Å². The highest BCUT2D eigenvalue weighted by Gasteiger charge is 2.24. The molecule has 1 aromatic rings. The number of nitrogens with one attached hydrogen (secondary N) is 1. The van der Waals surface area contributed by atoms with Crippen LogP contribution in [0.5, 0.6) is 0 Å². The smallest absolute Gasteiger partial charge is 0.188 e. The molecule has 0 spiro atoms. The van der Waals surface area contributed by atoms with Gasteiger partial charge in [-0.05, 0) is 38.1 Å². The second-order valence-electron chi connectivity index (χ2n) is 5.02. The molecule has 1 saturated heterocycles. The lowest BCUT2D eigenvalue weighted by Gasteiger charge is -2.32. The maximum absolute atomic E-state index is 5.83. The first kappa shape index (κ1) is 14.7. The molecule has 0 aliphatic carbocycles. The second kappa shape index (κ2) is 7.75. The lowest BCUT2D eigenvalue weighted by molar-refractivity contribution is 0.150. The Kier molecular flexibility index (Phi) is 5.68. The van der Waals surface area contributed by atoms with Crippen molar-refractivity contribution in [2.75, 3.05) is 26.2 Å². The van der Waals surface area contributed by atoms with Crippen LogP contribution in [0.1, 0.15) is 31.1 Å². The van der Waals surface area contributed by atoms with Gasteiger partial charge in [-0.2, -0.15) is 0 Å². The van der Waals surface area contributed by atoms with Crippen LogP contribution in [0.15, 0.2) is 40.5 Å². The largest absolute Gasteiger partial charge is 0.468 e. The van der Waals surface area contributed by atoms with Gasteiger partial charge in [0.05, 0.1) is 18.8 Å². The summed E-state index contributed by atoms with van der Waals surface area (Å²) < 4.78 is 5.57. The Morgan fingerprint density at radius 2 is 2.30 bits per heavy atom. The summed E-state index contributed by atoms with van der Waals surface area (Å²) in [5.74, 6) is 1.42. The summed E-state index contributed by atoms with van der Waals surface area (Å²) in [6.07, 6.45) is 7.27. The Morgan fingerprint density at radius 1 is 1.50 bits per heavy atom. The van der Waals surface area contributed by atoms with Crippen LogP contribution in [-0.2, 0) is 0 Å².